The molecule has 0 fully saturated rings. The average molecular weight is 184 g/mol. The maximum absolute atomic E-state index is 4.44. The molecule has 2 heteroatoms. The van der Waals surface area contributed by atoms with Gasteiger partial charge in [0, 0.05) is 18.2 Å². The highest BCUT2D eigenvalue weighted by Crippen LogP contribution is 2.14. The summed E-state index contributed by atoms with van der Waals surface area (Å²) in [7, 11) is 0. The van der Waals surface area contributed by atoms with E-state index in [4.69, 9.17) is 0 Å². The molecular formula is C12H12N2. The van der Waals surface area contributed by atoms with Gasteiger partial charge in [-0.1, -0.05) is 36.4 Å². The van der Waals surface area contributed by atoms with Crippen molar-refractivity contribution in [1.29, 1.82) is 0 Å². The molecule has 0 radical (unpaired) electrons. The normalized spacial score (nSPS) is 10.0. The third-order valence-electron chi connectivity index (χ3n) is 2.03. The van der Waals surface area contributed by atoms with Gasteiger partial charge >= 0.3 is 0 Å². The molecule has 1 aromatic carbocycles. The Morgan fingerprint density at radius 3 is 2.79 bits per heavy atom. The molecule has 0 atom stereocenters. The van der Waals surface area contributed by atoms with Crippen molar-refractivity contribution in [3.63, 3.8) is 0 Å². The van der Waals surface area contributed by atoms with Crippen LogP contribution in [0.3, 0.4) is 0 Å². The first-order valence-electron chi connectivity index (χ1n) is 4.61. The van der Waals surface area contributed by atoms with Gasteiger partial charge in [-0.05, 0) is 0 Å². The topological polar surface area (TPSA) is 28.7 Å². The second-order valence-corrected chi connectivity index (χ2v) is 3.10. The Labute approximate surface area is 83.3 Å². The van der Waals surface area contributed by atoms with Crippen LogP contribution in [0.1, 0.15) is 5.69 Å². The summed E-state index contributed by atoms with van der Waals surface area (Å²) >= 11 is 0. The molecule has 0 saturated heterocycles. The Kier molecular flexibility index (Phi) is 2.45. The largest absolute Gasteiger partial charge is 0.344 e. The molecule has 0 aliphatic heterocycles. The van der Waals surface area contributed by atoms with Gasteiger partial charge in [0.1, 0.15) is 5.82 Å². The zero-order valence-electron chi connectivity index (χ0n) is 7.90. The first kappa shape index (κ1) is 8.75. The Hall–Kier alpha value is -1.83. The van der Waals surface area contributed by atoms with Gasteiger partial charge in [0.25, 0.3) is 0 Å². The Morgan fingerprint density at radius 2 is 2.07 bits per heavy atom. The molecule has 0 aliphatic rings. The predicted octanol–water partition coefficient (Wildman–Crippen LogP) is 2.81. The summed E-state index contributed by atoms with van der Waals surface area (Å²) < 4.78 is 0. The van der Waals surface area contributed by atoms with Crippen LogP contribution in [0.5, 0.6) is 0 Å². The van der Waals surface area contributed by atoms with Crippen molar-refractivity contribution < 1.29 is 0 Å². The van der Waals surface area contributed by atoms with Gasteiger partial charge in [0.2, 0.25) is 0 Å². The van der Waals surface area contributed by atoms with Crippen LogP contribution in [0, 0.1) is 0 Å². The molecule has 2 nitrogen and oxygen atoms in total. The van der Waals surface area contributed by atoms with Crippen molar-refractivity contribution >= 4 is 0 Å². The summed E-state index contributed by atoms with van der Waals surface area (Å²) in [5.41, 5.74) is 2.14. The fraction of sp³-hybridized carbons (Fsp3) is 0.0833. The van der Waals surface area contributed by atoms with Crippen LogP contribution in [0.4, 0.5) is 0 Å². The number of rotatable bonds is 3. The average Bonchev–Trinajstić information content (AvgIpc) is 2.68. The van der Waals surface area contributed by atoms with E-state index in [2.05, 4.69) is 16.5 Å². The number of hydrogen-bond acceptors (Lipinski definition) is 1. The molecule has 0 saturated carbocycles. The molecule has 2 rings (SSSR count). The minimum Gasteiger partial charge on any atom is -0.344 e. The minimum absolute atomic E-state index is 0.809. The highest BCUT2D eigenvalue weighted by molar-refractivity contribution is 5.54. The SMILES string of the molecule is C=CCc1c[nH]c(-c2ccccc2)n1. The van der Waals surface area contributed by atoms with Gasteiger partial charge < -0.3 is 4.98 Å². The number of aromatic nitrogens is 2. The summed E-state index contributed by atoms with van der Waals surface area (Å²) in [5.74, 6) is 0.919. The Balaban J connectivity index is 2.29. The van der Waals surface area contributed by atoms with Crippen LogP contribution in [0.15, 0.2) is 49.2 Å². The van der Waals surface area contributed by atoms with E-state index < -0.39 is 0 Å². The molecule has 1 N–H and O–H groups in total. The standard InChI is InChI=1S/C12H12N2/c1-2-6-11-9-13-12(14-11)10-7-4-3-5-8-10/h2-5,7-9H,1,6H2,(H,13,14). The van der Waals surface area contributed by atoms with Crippen LogP contribution in [-0.2, 0) is 6.42 Å². The summed E-state index contributed by atoms with van der Waals surface area (Å²) in [4.78, 5) is 7.59. The molecule has 0 unspecified atom stereocenters. The highest BCUT2D eigenvalue weighted by Gasteiger charge is 2.01. The number of imidazole rings is 1. The predicted molar refractivity (Wildman–Crippen MR) is 57.9 cm³/mol. The monoisotopic (exact) mass is 184 g/mol. The molecule has 2 aromatic rings. The Morgan fingerprint density at radius 1 is 1.29 bits per heavy atom. The second kappa shape index (κ2) is 3.92. The van der Waals surface area contributed by atoms with E-state index in [9.17, 15) is 0 Å². The highest BCUT2D eigenvalue weighted by atomic mass is 14.9. The van der Waals surface area contributed by atoms with Gasteiger partial charge in [-0.2, -0.15) is 0 Å². The quantitative estimate of drug-likeness (QED) is 0.730. The summed E-state index contributed by atoms with van der Waals surface area (Å²) in [5, 5.41) is 0. The summed E-state index contributed by atoms with van der Waals surface area (Å²) in [6, 6.07) is 10.1. The van der Waals surface area contributed by atoms with Crippen LogP contribution in [0.2, 0.25) is 0 Å². The Bertz CT molecular complexity index is 415. The number of nitrogens with one attached hydrogen (secondary N) is 1. The molecule has 0 amide bonds. The van der Waals surface area contributed by atoms with Gasteiger partial charge in [-0.25, -0.2) is 4.98 Å². The van der Waals surface area contributed by atoms with Crippen molar-refractivity contribution in [1.82, 2.24) is 9.97 Å². The van der Waals surface area contributed by atoms with Crippen LogP contribution in [-0.4, -0.2) is 9.97 Å². The van der Waals surface area contributed by atoms with E-state index >= 15 is 0 Å². The second-order valence-electron chi connectivity index (χ2n) is 3.10. The summed E-state index contributed by atoms with van der Waals surface area (Å²) in [6.07, 6.45) is 4.58. The number of benzene rings is 1. The van der Waals surface area contributed by atoms with Gasteiger partial charge in [-0.15, -0.1) is 6.58 Å². The van der Waals surface area contributed by atoms with Crippen molar-refractivity contribution in [2.75, 3.05) is 0 Å². The van der Waals surface area contributed by atoms with E-state index in [-0.39, 0.29) is 0 Å². The van der Waals surface area contributed by atoms with Crippen LogP contribution < -0.4 is 0 Å². The van der Waals surface area contributed by atoms with Crippen molar-refractivity contribution in [2.24, 2.45) is 0 Å². The number of allylic oxidation sites excluding steroid dienone is 1. The van der Waals surface area contributed by atoms with Gasteiger partial charge in [0.05, 0.1) is 5.69 Å². The number of aromatic amines is 1. The van der Waals surface area contributed by atoms with Crippen molar-refractivity contribution in [2.45, 2.75) is 6.42 Å². The molecular weight excluding hydrogens is 172 g/mol. The number of hydrogen-bond donors (Lipinski definition) is 1. The molecule has 0 aliphatic carbocycles. The van der Waals surface area contributed by atoms with E-state index in [0.717, 1.165) is 23.5 Å². The van der Waals surface area contributed by atoms with Crippen LogP contribution in [0.25, 0.3) is 11.4 Å². The van der Waals surface area contributed by atoms with Gasteiger partial charge in [-0.3, -0.25) is 0 Å². The maximum Gasteiger partial charge on any atom is 0.137 e. The number of nitrogens with zero attached hydrogens (tertiary/aromatic N) is 1. The zero-order chi connectivity index (χ0) is 9.80. The molecule has 1 heterocycles. The first-order chi connectivity index (χ1) is 6.90. The lowest BCUT2D eigenvalue weighted by atomic mass is 10.2. The minimum atomic E-state index is 0.809. The maximum atomic E-state index is 4.44. The van der Waals surface area contributed by atoms with Gasteiger partial charge in [0.15, 0.2) is 0 Å². The molecule has 14 heavy (non-hydrogen) atoms. The zero-order valence-corrected chi connectivity index (χ0v) is 7.90. The van der Waals surface area contributed by atoms with Crippen molar-refractivity contribution in [3.05, 3.63) is 54.9 Å². The van der Waals surface area contributed by atoms with E-state index in [0.29, 0.717) is 0 Å². The molecule has 0 spiro atoms. The first-order valence-corrected chi connectivity index (χ1v) is 4.61. The molecule has 1 aromatic heterocycles. The smallest absolute Gasteiger partial charge is 0.137 e. The lowest BCUT2D eigenvalue weighted by molar-refractivity contribution is 1.16. The third-order valence-corrected chi connectivity index (χ3v) is 2.03. The van der Waals surface area contributed by atoms with Crippen molar-refractivity contribution in [3.8, 4) is 11.4 Å². The van der Waals surface area contributed by atoms with E-state index in [1.54, 1.807) is 0 Å². The fourth-order valence-electron chi connectivity index (χ4n) is 1.36. The lowest BCUT2D eigenvalue weighted by Gasteiger charge is -1.93. The lowest BCUT2D eigenvalue weighted by Crippen LogP contribution is -1.81. The number of H-pyrrole nitrogens is 1. The summed E-state index contributed by atoms with van der Waals surface area (Å²) in [6.45, 7) is 3.68. The third kappa shape index (κ3) is 1.74. The molecule has 0 bridgehead atoms. The van der Waals surface area contributed by atoms with E-state index in [1.807, 2.05) is 42.6 Å². The van der Waals surface area contributed by atoms with Crippen LogP contribution >= 0.6 is 0 Å². The molecule has 70 valence electrons. The fourth-order valence-corrected chi connectivity index (χ4v) is 1.36. The van der Waals surface area contributed by atoms with E-state index in [1.165, 1.54) is 0 Å².